The van der Waals surface area contributed by atoms with E-state index in [0.29, 0.717) is 5.56 Å². The zero-order valence-electron chi connectivity index (χ0n) is 15.1. The number of carbonyl (C=O) groups excluding carboxylic acids is 2. The molecule has 28 heavy (non-hydrogen) atoms. The number of hydrogen-bond acceptors (Lipinski definition) is 3. The Bertz CT molecular complexity index is 856. The number of carboxylic acid groups (broad SMARTS) is 1. The maximum absolute atomic E-state index is 13.9. The Morgan fingerprint density at radius 2 is 1.57 bits per heavy atom. The van der Waals surface area contributed by atoms with E-state index in [1.54, 1.807) is 6.07 Å². The van der Waals surface area contributed by atoms with Gasteiger partial charge in [0.1, 0.15) is 23.7 Å². The fourth-order valence-corrected chi connectivity index (χ4v) is 2.67. The first-order valence-corrected chi connectivity index (χ1v) is 8.54. The summed E-state index contributed by atoms with van der Waals surface area (Å²) in [7, 11) is 0. The monoisotopic (exact) mass is 390 g/mol. The summed E-state index contributed by atoms with van der Waals surface area (Å²) in [6.45, 7) is 1.20. The van der Waals surface area contributed by atoms with Gasteiger partial charge in [-0.2, -0.15) is 0 Å². The minimum Gasteiger partial charge on any atom is -0.480 e. The molecule has 148 valence electrons. The lowest BCUT2D eigenvalue weighted by Crippen LogP contribution is -2.52. The van der Waals surface area contributed by atoms with Crippen molar-refractivity contribution in [1.29, 1.82) is 0 Å². The van der Waals surface area contributed by atoms with E-state index in [2.05, 4.69) is 10.6 Å². The van der Waals surface area contributed by atoms with Gasteiger partial charge >= 0.3 is 5.97 Å². The Labute approximate surface area is 160 Å². The smallest absolute Gasteiger partial charge is 0.326 e. The van der Waals surface area contributed by atoms with Gasteiger partial charge < -0.3 is 15.7 Å². The minimum atomic E-state index is -1.30. The largest absolute Gasteiger partial charge is 0.480 e. The van der Waals surface area contributed by atoms with E-state index < -0.39 is 41.5 Å². The Morgan fingerprint density at radius 3 is 2.14 bits per heavy atom. The first-order valence-electron chi connectivity index (χ1n) is 8.54. The second-order valence-electron chi connectivity index (χ2n) is 6.28. The summed E-state index contributed by atoms with van der Waals surface area (Å²) in [5.41, 5.74) is 0.723. The molecule has 0 unspecified atom stereocenters. The first kappa shape index (κ1) is 21.0. The third-order valence-electron chi connectivity index (χ3n) is 4.04. The Balaban J connectivity index is 2.14. The average Bonchev–Trinajstić information content (AvgIpc) is 2.63. The van der Waals surface area contributed by atoms with Crippen LogP contribution in [0, 0.1) is 11.6 Å². The quantitative estimate of drug-likeness (QED) is 0.641. The van der Waals surface area contributed by atoms with E-state index >= 15 is 0 Å². The van der Waals surface area contributed by atoms with Gasteiger partial charge in [0.2, 0.25) is 11.8 Å². The highest BCUT2D eigenvalue weighted by atomic mass is 19.1. The number of hydrogen-bond donors (Lipinski definition) is 3. The zero-order valence-corrected chi connectivity index (χ0v) is 15.1. The number of amides is 2. The molecule has 2 atom stereocenters. The fraction of sp³-hybridized carbons (Fsp3) is 0.250. The number of aliphatic carboxylic acids is 1. The molecule has 0 bridgehead atoms. The van der Waals surface area contributed by atoms with E-state index in [-0.39, 0.29) is 18.4 Å². The van der Waals surface area contributed by atoms with E-state index in [9.17, 15) is 28.3 Å². The highest BCUT2D eigenvalue weighted by molar-refractivity contribution is 5.90. The zero-order chi connectivity index (χ0) is 20.7. The summed E-state index contributed by atoms with van der Waals surface area (Å²) in [6, 6.07) is 8.56. The maximum atomic E-state index is 13.9. The van der Waals surface area contributed by atoms with Crippen LogP contribution >= 0.6 is 0 Å². The molecule has 0 heterocycles. The molecule has 6 nitrogen and oxygen atoms in total. The Morgan fingerprint density at radius 1 is 0.929 bits per heavy atom. The molecule has 2 rings (SSSR count). The molecule has 2 aromatic rings. The average molecular weight is 390 g/mol. The Hall–Kier alpha value is -3.29. The van der Waals surface area contributed by atoms with Crippen molar-refractivity contribution in [1.82, 2.24) is 10.6 Å². The molecule has 0 saturated carbocycles. The SMILES string of the molecule is CC(=O)N[C@@H](Cc1ccccc1F)C(=O)N[C@@H](Cc1ccc(F)cc1)C(=O)O. The lowest BCUT2D eigenvalue weighted by molar-refractivity contribution is -0.142. The molecule has 0 aliphatic heterocycles. The number of benzene rings is 2. The predicted molar refractivity (Wildman–Crippen MR) is 97.4 cm³/mol. The van der Waals surface area contributed by atoms with Crippen LogP contribution in [0.4, 0.5) is 8.78 Å². The third-order valence-corrected chi connectivity index (χ3v) is 4.04. The Kier molecular flexibility index (Phi) is 7.20. The lowest BCUT2D eigenvalue weighted by Gasteiger charge is -2.21. The summed E-state index contributed by atoms with van der Waals surface area (Å²) < 4.78 is 26.9. The maximum Gasteiger partial charge on any atom is 0.326 e. The van der Waals surface area contributed by atoms with Gasteiger partial charge in [-0.05, 0) is 29.3 Å². The summed E-state index contributed by atoms with van der Waals surface area (Å²) >= 11 is 0. The standard InChI is InChI=1S/C20H20F2N2O4/c1-12(25)23-17(11-14-4-2-3-5-16(14)22)19(26)24-18(20(27)28)10-13-6-8-15(21)9-7-13/h2-9,17-18H,10-11H2,1H3,(H,23,25)(H,24,26)(H,27,28)/t17-,18-/m0/s1. The van der Waals surface area contributed by atoms with Gasteiger partial charge in [0, 0.05) is 19.8 Å². The molecule has 0 aliphatic rings. The number of rotatable bonds is 8. The van der Waals surface area contributed by atoms with E-state index in [1.807, 2.05) is 0 Å². The van der Waals surface area contributed by atoms with Crippen LogP contribution in [0.15, 0.2) is 48.5 Å². The van der Waals surface area contributed by atoms with Crippen LogP contribution in [-0.4, -0.2) is 35.0 Å². The second-order valence-corrected chi connectivity index (χ2v) is 6.28. The van der Waals surface area contributed by atoms with Crippen molar-refractivity contribution < 1.29 is 28.3 Å². The van der Waals surface area contributed by atoms with E-state index in [4.69, 9.17) is 0 Å². The minimum absolute atomic E-state index is 0.0756. The van der Waals surface area contributed by atoms with Gasteiger partial charge in [-0.1, -0.05) is 30.3 Å². The second kappa shape index (κ2) is 9.59. The van der Waals surface area contributed by atoms with Gasteiger partial charge in [0.15, 0.2) is 0 Å². The van der Waals surface area contributed by atoms with Crippen molar-refractivity contribution in [2.24, 2.45) is 0 Å². The highest BCUT2D eigenvalue weighted by Crippen LogP contribution is 2.11. The topological polar surface area (TPSA) is 95.5 Å². The van der Waals surface area contributed by atoms with Crippen molar-refractivity contribution in [3.8, 4) is 0 Å². The fourth-order valence-electron chi connectivity index (χ4n) is 2.67. The van der Waals surface area contributed by atoms with Crippen LogP contribution in [-0.2, 0) is 27.2 Å². The van der Waals surface area contributed by atoms with Crippen LogP contribution in [0.5, 0.6) is 0 Å². The third kappa shape index (κ3) is 6.15. The van der Waals surface area contributed by atoms with Crippen molar-refractivity contribution in [3.63, 3.8) is 0 Å². The molecule has 2 amide bonds. The number of halogens is 2. The van der Waals surface area contributed by atoms with Crippen molar-refractivity contribution in [3.05, 3.63) is 71.3 Å². The van der Waals surface area contributed by atoms with Gasteiger partial charge in [0.05, 0.1) is 0 Å². The van der Waals surface area contributed by atoms with Crippen LogP contribution in [0.3, 0.4) is 0 Å². The van der Waals surface area contributed by atoms with Gasteiger partial charge in [-0.3, -0.25) is 9.59 Å². The van der Waals surface area contributed by atoms with E-state index in [1.165, 1.54) is 49.4 Å². The molecule has 2 aromatic carbocycles. The summed E-state index contributed by atoms with van der Waals surface area (Å²) in [6.07, 6.45) is -0.213. The highest BCUT2D eigenvalue weighted by Gasteiger charge is 2.27. The molecular weight excluding hydrogens is 370 g/mol. The molecule has 0 aliphatic carbocycles. The number of carbonyl (C=O) groups is 3. The van der Waals surface area contributed by atoms with E-state index in [0.717, 1.165) is 0 Å². The molecule has 3 N–H and O–H groups in total. The van der Waals surface area contributed by atoms with Gasteiger partial charge in [-0.15, -0.1) is 0 Å². The van der Waals surface area contributed by atoms with Crippen LogP contribution < -0.4 is 10.6 Å². The lowest BCUT2D eigenvalue weighted by atomic mass is 10.0. The summed E-state index contributed by atoms with van der Waals surface area (Å²) in [5.74, 6) is -3.55. The van der Waals surface area contributed by atoms with Crippen molar-refractivity contribution in [2.45, 2.75) is 31.8 Å². The van der Waals surface area contributed by atoms with Crippen molar-refractivity contribution >= 4 is 17.8 Å². The molecular formula is C20H20F2N2O4. The van der Waals surface area contributed by atoms with Gasteiger partial charge in [-0.25, -0.2) is 13.6 Å². The van der Waals surface area contributed by atoms with Crippen LogP contribution in [0.2, 0.25) is 0 Å². The summed E-state index contributed by atoms with van der Waals surface area (Å²) in [4.78, 5) is 35.5. The van der Waals surface area contributed by atoms with Gasteiger partial charge in [0.25, 0.3) is 0 Å². The first-order chi connectivity index (χ1) is 13.3. The molecule has 0 radical (unpaired) electrons. The van der Waals surface area contributed by atoms with Crippen LogP contribution in [0.25, 0.3) is 0 Å². The molecule has 0 spiro atoms. The van der Waals surface area contributed by atoms with Crippen LogP contribution in [0.1, 0.15) is 18.1 Å². The number of nitrogens with one attached hydrogen (secondary N) is 2. The summed E-state index contributed by atoms with van der Waals surface area (Å²) in [5, 5.41) is 14.2. The predicted octanol–water partition coefficient (Wildman–Crippen LogP) is 1.82. The molecule has 8 heteroatoms. The number of carboxylic acids is 1. The van der Waals surface area contributed by atoms with Crippen molar-refractivity contribution in [2.75, 3.05) is 0 Å². The molecule has 0 aromatic heterocycles. The molecule has 0 fully saturated rings. The molecule has 0 saturated heterocycles. The normalized spacial score (nSPS) is 12.7.